The lowest BCUT2D eigenvalue weighted by Crippen LogP contribution is -2.38. The van der Waals surface area contributed by atoms with Crippen LogP contribution < -0.4 is 20.5 Å². The Morgan fingerprint density at radius 1 is 1.47 bits per heavy atom. The van der Waals surface area contributed by atoms with Gasteiger partial charge in [0.25, 0.3) is 5.91 Å². The monoisotopic (exact) mass is 268 g/mol. The van der Waals surface area contributed by atoms with Crippen LogP contribution in [0.3, 0.4) is 0 Å². The molecule has 0 bridgehead atoms. The highest BCUT2D eigenvalue weighted by Gasteiger charge is 2.12. The smallest absolute Gasteiger partial charge is 0.318 e. The third kappa shape index (κ3) is 4.47. The van der Waals surface area contributed by atoms with Crippen LogP contribution in [0.15, 0.2) is 18.2 Å². The molecule has 0 aliphatic carbocycles. The molecule has 7 nitrogen and oxygen atoms in total. The number of aliphatic hydroxyl groups excluding tert-OH is 1. The summed E-state index contributed by atoms with van der Waals surface area (Å²) in [6, 6.07) is 3.89. The van der Waals surface area contributed by atoms with Crippen molar-refractivity contribution < 1.29 is 24.2 Å². The first-order valence-corrected chi connectivity index (χ1v) is 5.52. The second-order valence-corrected chi connectivity index (χ2v) is 3.78. The molecule has 1 unspecified atom stereocenters. The van der Waals surface area contributed by atoms with Gasteiger partial charge in [0, 0.05) is 11.6 Å². The van der Waals surface area contributed by atoms with E-state index in [0.717, 1.165) is 0 Å². The minimum Gasteiger partial charge on any atom is -0.497 e. The van der Waals surface area contributed by atoms with E-state index in [1.807, 2.05) is 5.32 Å². The van der Waals surface area contributed by atoms with Crippen LogP contribution in [-0.4, -0.2) is 30.8 Å². The molecule has 0 spiro atoms. The van der Waals surface area contributed by atoms with Crippen molar-refractivity contribution in [2.45, 2.75) is 13.0 Å². The van der Waals surface area contributed by atoms with Gasteiger partial charge in [-0.2, -0.15) is 0 Å². The molecule has 1 atom stereocenters. The van der Waals surface area contributed by atoms with Crippen molar-refractivity contribution in [3.8, 4) is 11.5 Å². The summed E-state index contributed by atoms with van der Waals surface area (Å²) < 4.78 is 10.3. The minimum atomic E-state index is -0.949. The number of aliphatic hydroxyl groups is 1. The number of rotatable bonds is 5. The van der Waals surface area contributed by atoms with E-state index in [-0.39, 0.29) is 0 Å². The molecule has 7 heteroatoms. The van der Waals surface area contributed by atoms with Crippen LogP contribution in [-0.2, 0) is 4.79 Å². The highest BCUT2D eigenvalue weighted by molar-refractivity contribution is 5.94. The van der Waals surface area contributed by atoms with E-state index in [2.05, 4.69) is 0 Å². The summed E-state index contributed by atoms with van der Waals surface area (Å²) in [5.74, 6) is 0.149. The molecule has 0 saturated heterocycles. The molecule has 0 radical (unpaired) electrons. The van der Waals surface area contributed by atoms with Gasteiger partial charge < -0.3 is 20.3 Å². The molecule has 1 rings (SSSR count). The number of hydrogen-bond acceptors (Lipinski definition) is 5. The summed E-state index contributed by atoms with van der Waals surface area (Å²) in [5, 5.41) is 11.5. The molecule has 1 aromatic carbocycles. The minimum absolute atomic E-state index is 0.300. The molecule has 104 valence electrons. The van der Waals surface area contributed by atoms with Crippen molar-refractivity contribution in [2.75, 3.05) is 13.7 Å². The van der Waals surface area contributed by atoms with Gasteiger partial charge >= 0.3 is 6.03 Å². The Kier molecular flexibility index (Phi) is 5.13. The number of methoxy groups -OCH3 is 1. The Hall–Kier alpha value is -2.28. The molecule has 0 aliphatic heterocycles. The van der Waals surface area contributed by atoms with Gasteiger partial charge in [-0.3, -0.25) is 10.1 Å². The number of amides is 3. The average molecular weight is 268 g/mol. The number of imide groups is 1. The van der Waals surface area contributed by atoms with Crippen LogP contribution in [0.1, 0.15) is 18.6 Å². The van der Waals surface area contributed by atoms with E-state index in [4.69, 9.17) is 15.2 Å². The summed E-state index contributed by atoms with van der Waals surface area (Å²) in [6.07, 6.45) is -0.764. The molecular weight excluding hydrogens is 252 g/mol. The van der Waals surface area contributed by atoms with E-state index in [1.165, 1.54) is 7.11 Å². The SMILES string of the molecule is COc1ccc(C(C)O)c(OCC(=O)NC(N)=O)c1. The number of primary amides is 1. The van der Waals surface area contributed by atoms with Crippen LogP contribution in [0.4, 0.5) is 4.79 Å². The van der Waals surface area contributed by atoms with Gasteiger partial charge in [0.15, 0.2) is 6.61 Å². The number of nitrogens with two attached hydrogens (primary N) is 1. The van der Waals surface area contributed by atoms with Gasteiger partial charge in [-0.1, -0.05) is 0 Å². The fraction of sp³-hybridized carbons (Fsp3) is 0.333. The fourth-order valence-electron chi connectivity index (χ4n) is 1.43. The zero-order valence-corrected chi connectivity index (χ0v) is 10.7. The molecule has 0 heterocycles. The quantitative estimate of drug-likeness (QED) is 0.712. The summed E-state index contributed by atoms with van der Waals surface area (Å²) in [5.41, 5.74) is 5.31. The Bertz CT molecular complexity index is 473. The Balaban J connectivity index is 2.80. The van der Waals surface area contributed by atoms with Crippen LogP contribution in [0.25, 0.3) is 0 Å². The molecule has 4 N–H and O–H groups in total. The Labute approximate surface area is 110 Å². The molecule has 0 fully saturated rings. The van der Waals surface area contributed by atoms with Gasteiger partial charge in [0.2, 0.25) is 0 Å². The summed E-state index contributed by atoms with van der Waals surface area (Å²) in [7, 11) is 1.49. The van der Waals surface area contributed by atoms with Gasteiger partial charge in [0.1, 0.15) is 11.5 Å². The van der Waals surface area contributed by atoms with Crippen molar-refractivity contribution >= 4 is 11.9 Å². The van der Waals surface area contributed by atoms with E-state index in [1.54, 1.807) is 25.1 Å². The van der Waals surface area contributed by atoms with Crippen molar-refractivity contribution in [1.29, 1.82) is 0 Å². The first-order valence-electron chi connectivity index (χ1n) is 5.52. The van der Waals surface area contributed by atoms with Gasteiger partial charge in [0.05, 0.1) is 13.2 Å². The van der Waals surface area contributed by atoms with Crippen LogP contribution >= 0.6 is 0 Å². The fourth-order valence-corrected chi connectivity index (χ4v) is 1.43. The predicted octanol–water partition coefficient (Wildman–Crippen LogP) is 0.322. The highest BCUT2D eigenvalue weighted by Crippen LogP contribution is 2.29. The van der Waals surface area contributed by atoms with Crippen molar-refractivity contribution in [3.05, 3.63) is 23.8 Å². The zero-order valence-electron chi connectivity index (χ0n) is 10.7. The molecule has 0 saturated carbocycles. The van der Waals surface area contributed by atoms with Gasteiger partial charge in [-0.15, -0.1) is 0 Å². The number of hydrogen-bond donors (Lipinski definition) is 3. The average Bonchev–Trinajstić information content (AvgIpc) is 2.34. The van der Waals surface area contributed by atoms with E-state index >= 15 is 0 Å². The summed E-state index contributed by atoms with van der Waals surface area (Å²) in [6.45, 7) is 1.17. The van der Waals surface area contributed by atoms with Crippen molar-refractivity contribution in [1.82, 2.24) is 5.32 Å². The number of carbonyl (C=O) groups excluding carboxylic acids is 2. The van der Waals surface area contributed by atoms with Crippen LogP contribution in [0.5, 0.6) is 11.5 Å². The van der Waals surface area contributed by atoms with E-state index in [9.17, 15) is 14.7 Å². The van der Waals surface area contributed by atoms with E-state index < -0.39 is 24.6 Å². The largest absolute Gasteiger partial charge is 0.497 e. The zero-order chi connectivity index (χ0) is 14.4. The normalized spacial score (nSPS) is 11.5. The maximum Gasteiger partial charge on any atom is 0.318 e. The third-order valence-corrected chi connectivity index (χ3v) is 2.29. The number of nitrogens with one attached hydrogen (secondary N) is 1. The lowest BCUT2D eigenvalue weighted by Gasteiger charge is -2.14. The lowest BCUT2D eigenvalue weighted by molar-refractivity contribution is -0.121. The van der Waals surface area contributed by atoms with Crippen LogP contribution in [0, 0.1) is 0 Å². The molecule has 3 amide bonds. The number of carbonyl (C=O) groups is 2. The number of benzene rings is 1. The maximum atomic E-state index is 11.2. The third-order valence-electron chi connectivity index (χ3n) is 2.29. The van der Waals surface area contributed by atoms with Gasteiger partial charge in [-0.25, -0.2) is 4.79 Å². The molecule has 0 aliphatic rings. The maximum absolute atomic E-state index is 11.2. The van der Waals surface area contributed by atoms with Crippen molar-refractivity contribution in [2.24, 2.45) is 5.73 Å². The standard InChI is InChI=1S/C12H16N2O5/c1-7(15)9-4-3-8(18-2)5-10(9)19-6-11(16)14-12(13)17/h3-5,7,15H,6H2,1-2H3,(H3,13,14,16,17). The second kappa shape index (κ2) is 6.60. The highest BCUT2D eigenvalue weighted by atomic mass is 16.5. The summed E-state index contributed by atoms with van der Waals surface area (Å²) >= 11 is 0. The summed E-state index contributed by atoms with van der Waals surface area (Å²) in [4.78, 5) is 21.7. The molecule has 1 aromatic rings. The molecule has 0 aromatic heterocycles. The van der Waals surface area contributed by atoms with E-state index in [0.29, 0.717) is 17.1 Å². The van der Waals surface area contributed by atoms with Gasteiger partial charge in [-0.05, 0) is 19.1 Å². The Morgan fingerprint density at radius 3 is 2.68 bits per heavy atom. The van der Waals surface area contributed by atoms with Crippen molar-refractivity contribution in [3.63, 3.8) is 0 Å². The first-order chi connectivity index (χ1) is 8.93. The first kappa shape index (κ1) is 14.8. The number of ether oxygens (including phenoxy) is 2. The Morgan fingerprint density at radius 2 is 2.16 bits per heavy atom. The molecular formula is C12H16N2O5. The second-order valence-electron chi connectivity index (χ2n) is 3.78. The topological polar surface area (TPSA) is 111 Å². The number of urea groups is 1. The lowest BCUT2D eigenvalue weighted by atomic mass is 10.1. The predicted molar refractivity (Wildman–Crippen MR) is 66.8 cm³/mol. The molecule has 19 heavy (non-hydrogen) atoms. The van der Waals surface area contributed by atoms with Crippen LogP contribution in [0.2, 0.25) is 0 Å².